The first kappa shape index (κ1) is 17.5. The number of aryl methyl sites for hydroxylation is 1. The molecule has 0 bridgehead atoms. The van der Waals surface area contributed by atoms with E-state index in [0.29, 0.717) is 0 Å². The third-order valence-electron chi connectivity index (χ3n) is 4.68. The largest absolute Gasteiger partial charge is 0.383 e. The summed E-state index contributed by atoms with van der Waals surface area (Å²) < 4.78 is 23.0. The second kappa shape index (κ2) is 6.35. The van der Waals surface area contributed by atoms with Crippen LogP contribution >= 0.6 is 11.6 Å². The number of anilines is 1. The van der Waals surface area contributed by atoms with Crippen molar-refractivity contribution in [2.75, 3.05) is 26.0 Å². The van der Waals surface area contributed by atoms with Gasteiger partial charge in [-0.1, -0.05) is 24.4 Å². The van der Waals surface area contributed by atoms with Crippen LogP contribution in [0.3, 0.4) is 0 Å². The van der Waals surface area contributed by atoms with Crippen LogP contribution in [0.2, 0.25) is 5.02 Å². The van der Waals surface area contributed by atoms with Crippen molar-refractivity contribution < 1.29 is 8.42 Å². The van der Waals surface area contributed by atoms with E-state index in [1.165, 1.54) is 18.9 Å². The molecule has 0 unspecified atom stereocenters. The van der Waals surface area contributed by atoms with E-state index >= 15 is 0 Å². The maximum atomic E-state index is 11.5. The number of hydrogen-bond acceptors (Lipinski definition) is 4. The summed E-state index contributed by atoms with van der Waals surface area (Å²) in [5.74, 6) is 0. The standard InChI is InChI=1S/C15H24ClN3O2S/c1-11-8-14(22(17,20)21)12(16)9-13(11)18-10-15(19(2)3)6-4-5-7-15/h8-9,18H,4-7,10H2,1-3H3,(H2,17,20,21). The fourth-order valence-corrected chi connectivity index (χ4v) is 4.30. The molecule has 0 aromatic heterocycles. The summed E-state index contributed by atoms with van der Waals surface area (Å²) in [5, 5.41) is 8.76. The van der Waals surface area contributed by atoms with Crippen molar-refractivity contribution in [2.45, 2.75) is 43.0 Å². The van der Waals surface area contributed by atoms with E-state index in [2.05, 4.69) is 24.3 Å². The minimum absolute atomic E-state index is 0.0274. The van der Waals surface area contributed by atoms with Crippen molar-refractivity contribution in [1.82, 2.24) is 4.90 Å². The fourth-order valence-electron chi connectivity index (χ4n) is 3.14. The van der Waals surface area contributed by atoms with Crippen LogP contribution < -0.4 is 10.5 Å². The van der Waals surface area contributed by atoms with Crippen LogP contribution in [0.15, 0.2) is 17.0 Å². The lowest BCUT2D eigenvalue weighted by molar-refractivity contribution is 0.172. The van der Waals surface area contributed by atoms with E-state index in [4.69, 9.17) is 16.7 Å². The van der Waals surface area contributed by atoms with E-state index in [1.807, 2.05) is 6.92 Å². The molecule has 1 saturated carbocycles. The van der Waals surface area contributed by atoms with Crippen LogP contribution in [0, 0.1) is 6.92 Å². The van der Waals surface area contributed by atoms with Gasteiger partial charge in [0.25, 0.3) is 0 Å². The zero-order valence-corrected chi connectivity index (χ0v) is 14.9. The monoisotopic (exact) mass is 345 g/mol. The molecule has 22 heavy (non-hydrogen) atoms. The molecule has 7 heteroatoms. The van der Waals surface area contributed by atoms with E-state index in [1.54, 1.807) is 6.07 Å². The van der Waals surface area contributed by atoms with Crippen molar-refractivity contribution in [3.05, 3.63) is 22.7 Å². The number of hydrogen-bond donors (Lipinski definition) is 2. The van der Waals surface area contributed by atoms with Crippen LogP contribution in [0.1, 0.15) is 31.2 Å². The molecule has 1 aromatic carbocycles. The van der Waals surface area contributed by atoms with Crippen molar-refractivity contribution in [3.63, 3.8) is 0 Å². The summed E-state index contributed by atoms with van der Waals surface area (Å²) in [6.07, 6.45) is 4.80. The number of halogens is 1. The fraction of sp³-hybridized carbons (Fsp3) is 0.600. The van der Waals surface area contributed by atoms with Crippen molar-refractivity contribution in [3.8, 4) is 0 Å². The van der Waals surface area contributed by atoms with Crippen molar-refractivity contribution in [1.29, 1.82) is 0 Å². The molecule has 0 heterocycles. The van der Waals surface area contributed by atoms with E-state index in [-0.39, 0.29) is 15.5 Å². The van der Waals surface area contributed by atoms with Gasteiger partial charge in [0.05, 0.1) is 5.02 Å². The minimum Gasteiger partial charge on any atom is -0.383 e. The molecule has 124 valence electrons. The van der Waals surface area contributed by atoms with Gasteiger partial charge in [-0.05, 0) is 51.6 Å². The second-order valence-corrected chi connectivity index (χ2v) is 8.26. The average Bonchev–Trinajstić information content (AvgIpc) is 2.88. The maximum absolute atomic E-state index is 11.5. The smallest absolute Gasteiger partial charge is 0.239 e. The Morgan fingerprint density at radius 3 is 2.41 bits per heavy atom. The van der Waals surface area contributed by atoms with Gasteiger partial charge in [-0.3, -0.25) is 0 Å². The van der Waals surface area contributed by atoms with Gasteiger partial charge in [-0.2, -0.15) is 0 Å². The average molecular weight is 346 g/mol. The number of rotatable bonds is 5. The highest BCUT2D eigenvalue weighted by atomic mass is 35.5. The van der Waals surface area contributed by atoms with Crippen molar-refractivity contribution >= 4 is 27.3 Å². The van der Waals surface area contributed by atoms with Gasteiger partial charge < -0.3 is 10.2 Å². The molecule has 0 atom stereocenters. The third kappa shape index (κ3) is 3.56. The Hall–Kier alpha value is -0.820. The minimum atomic E-state index is -3.80. The summed E-state index contributed by atoms with van der Waals surface area (Å²) in [5.41, 5.74) is 1.82. The Morgan fingerprint density at radius 2 is 1.91 bits per heavy atom. The Labute approximate surface area is 137 Å². The van der Waals surface area contributed by atoms with Gasteiger partial charge in [0, 0.05) is 17.8 Å². The molecule has 0 spiro atoms. The van der Waals surface area contributed by atoms with Crippen LogP contribution in [-0.4, -0.2) is 39.5 Å². The number of benzene rings is 1. The van der Waals surface area contributed by atoms with Crippen LogP contribution in [0.4, 0.5) is 5.69 Å². The molecule has 3 N–H and O–H groups in total. The summed E-state index contributed by atoms with van der Waals surface area (Å²) in [6, 6.07) is 3.17. The Balaban J connectivity index is 2.22. The lowest BCUT2D eigenvalue weighted by Crippen LogP contribution is -2.47. The summed E-state index contributed by atoms with van der Waals surface area (Å²) in [7, 11) is 0.419. The van der Waals surface area contributed by atoms with Gasteiger partial charge in [0.15, 0.2) is 0 Å². The molecule has 2 rings (SSSR count). The first-order chi connectivity index (χ1) is 10.2. The summed E-state index contributed by atoms with van der Waals surface area (Å²) in [4.78, 5) is 2.25. The Morgan fingerprint density at radius 1 is 1.32 bits per heavy atom. The number of nitrogens with zero attached hydrogens (tertiary/aromatic N) is 1. The molecule has 0 saturated heterocycles. The van der Waals surface area contributed by atoms with Crippen LogP contribution in [0.25, 0.3) is 0 Å². The molecule has 1 aliphatic rings. The van der Waals surface area contributed by atoms with Gasteiger partial charge in [-0.15, -0.1) is 0 Å². The predicted octanol–water partition coefficient (Wildman–Crippen LogP) is 2.58. The Kier molecular flexibility index (Phi) is 5.06. The zero-order chi connectivity index (χ0) is 16.5. The van der Waals surface area contributed by atoms with Crippen LogP contribution in [0.5, 0.6) is 0 Å². The first-order valence-corrected chi connectivity index (χ1v) is 9.32. The lowest BCUT2D eigenvalue weighted by Gasteiger charge is -2.37. The second-order valence-electron chi connectivity index (χ2n) is 6.32. The highest BCUT2D eigenvalue weighted by Gasteiger charge is 2.35. The molecule has 0 aliphatic heterocycles. The number of nitrogens with one attached hydrogen (secondary N) is 1. The summed E-state index contributed by atoms with van der Waals surface area (Å²) in [6.45, 7) is 2.66. The van der Waals surface area contributed by atoms with Gasteiger partial charge in [0.1, 0.15) is 4.90 Å². The Bertz CT molecular complexity index is 653. The number of sulfonamides is 1. The highest BCUT2D eigenvalue weighted by Crippen LogP contribution is 2.35. The third-order valence-corrected chi connectivity index (χ3v) is 6.05. The molecular weight excluding hydrogens is 322 g/mol. The molecule has 1 aromatic rings. The number of likely N-dealkylation sites (N-methyl/N-ethyl adjacent to an activating group) is 1. The number of primary sulfonamides is 1. The number of nitrogens with two attached hydrogens (primary N) is 1. The van der Waals surface area contributed by atoms with E-state index < -0.39 is 10.0 Å². The highest BCUT2D eigenvalue weighted by molar-refractivity contribution is 7.89. The van der Waals surface area contributed by atoms with Gasteiger partial charge in [0.2, 0.25) is 10.0 Å². The predicted molar refractivity (Wildman–Crippen MR) is 90.9 cm³/mol. The topological polar surface area (TPSA) is 75.4 Å². The molecular formula is C15H24ClN3O2S. The van der Waals surface area contributed by atoms with E-state index in [0.717, 1.165) is 30.6 Å². The molecule has 0 amide bonds. The first-order valence-electron chi connectivity index (χ1n) is 7.40. The molecule has 0 radical (unpaired) electrons. The normalized spacial score (nSPS) is 17.9. The quantitative estimate of drug-likeness (QED) is 0.860. The molecule has 1 fully saturated rings. The van der Waals surface area contributed by atoms with E-state index in [9.17, 15) is 8.42 Å². The van der Waals surface area contributed by atoms with Gasteiger partial charge >= 0.3 is 0 Å². The maximum Gasteiger partial charge on any atom is 0.239 e. The van der Waals surface area contributed by atoms with Crippen LogP contribution in [-0.2, 0) is 10.0 Å². The molecule has 5 nitrogen and oxygen atoms in total. The van der Waals surface area contributed by atoms with Gasteiger partial charge in [-0.25, -0.2) is 13.6 Å². The summed E-state index contributed by atoms with van der Waals surface area (Å²) >= 11 is 6.07. The SMILES string of the molecule is Cc1cc(S(N)(=O)=O)c(Cl)cc1NCC1(N(C)C)CCCC1. The zero-order valence-electron chi connectivity index (χ0n) is 13.3. The van der Waals surface area contributed by atoms with Crippen molar-refractivity contribution in [2.24, 2.45) is 5.14 Å². The molecule has 1 aliphatic carbocycles. The lowest BCUT2D eigenvalue weighted by atomic mass is 9.95.